The fraction of sp³-hybridized carbons (Fsp3) is 0.423. The van der Waals surface area contributed by atoms with Gasteiger partial charge in [-0.2, -0.15) is 0 Å². The van der Waals surface area contributed by atoms with Crippen molar-refractivity contribution in [3.8, 4) is 11.3 Å². The Hall–Kier alpha value is -3.31. The second kappa shape index (κ2) is 13.3. The zero-order valence-electron chi connectivity index (χ0n) is 21.9. The van der Waals surface area contributed by atoms with Gasteiger partial charge in [-0.25, -0.2) is 31.9 Å². The van der Waals surface area contributed by atoms with E-state index in [1.54, 1.807) is 19.9 Å². The van der Waals surface area contributed by atoms with Crippen molar-refractivity contribution in [3.05, 3.63) is 59.3 Å². The topological polar surface area (TPSA) is 119 Å². The third-order valence-electron chi connectivity index (χ3n) is 5.20. The quantitative estimate of drug-likeness (QED) is 0.246. The molecule has 2 rings (SSSR count). The molecule has 1 aromatic carbocycles. The predicted molar refractivity (Wildman–Crippen MR) is 141 cm³/mol. The van der Waals surface area contributed by atoms with Crippen LogP contribution in [0.2, 0.25) is 0 Å². The Morgan fingerprint density at radius 2 is 1.76 bits per heavy atom. The van der Waals surface area contributed by atoms with Crippen LogP contribution in [0.15, 0.2) is 42.2 Å². The summed E-state index contributed by atoms with van der Waals surface area (Å²) < 4.78 is 49.3. The summed E-state index contributed by atoms with van der Waals surface area (Å²) in [5.41, 5.74) is 1.99. The summed E-state index contributed by atoms with van der Waals surface area (Å²) in [5.74, 6) is -0.906. The van der Waals surface area contributed by atoms with Crippen molar-refractivity contribution < 1.29 is 32.2 Å². The molecule has 9 nitrogen and oxygen atoms in total. The molecule has 0 unspecified atom stereocenters. The maximum Gasteiger partial charge on any atom is 0.334 e. The molecule has 0 amide bonds. The smallest absolute Gasteiger partial charge is 0.334 e. The van der Waals surface area contributed by atoms with Crippen LogP contribution in [0.5, 0.6) is 0 Å². The summed E-state index contributed by atoms with van der Waals surface area (Å²) in [4.78, 5) is 20.8. The molecule has 1 atom stereocenters. The van der Waals surface area contributed by atoms with Crippen LogP contribution in [0.3, 0.4) is 0 Å². The van der Waals surface area contributed by atoms with E-state index in [1.807, 2.05) is 13.8 Å². The molecule has 0 aliphatic rings. The van der Waals surface area contributed by atoms with Crippen molar-refractivity contribution in [1.29, 1.82) is 0 Å². The molecule has 0 saturated heterocycles. The summed E-state index contributed by atoms with van der Waals surface area (Å²) in [5, 5.41) is 10.7. The molecule has 0 fully saturated rings. The van der Waals surface area contributed by atoms with Crippen molar-refractivity contribution in [2.24, 2.45) is 0 Å². The van der Waals surface area contributed by atoms with Gasteiger partial charge in [0, 0.05) is 24.6 Å². The van der Waals surface area contributed by atoms with Crippen LogP contribution < -0.4 is 4.31 Å². The van der Waals surface area contributed by atoms with E-state index in [4.69, 9.17) is 9.47 Å². The number of esters is 1. The number of anilines is 1. The van der Waals surface area contributed by atoms with Gasteiger partial charge in [0.2, 0.25) is 16.0 Å². The van der Waals surface area contributed by atoms with Gasteiger partial charge in [-0.1, -0.05) is 26.0 Å². The van der Waals surface area contributed by atoms with Gasteiger partial charge in [-0.15, -0.1) is 0 Å². The van der Waals surface area contributed by atoms with E-state index in [-0.39, 0.29) is 30.7 Å². The van der Waals surface area contributed by atoms with E-state index < -0.39 is 27.9 Å². The summed E-state index contributed by atoms with van der Waals surface area (Å²) in [7, 11) is -2.29. The number of carbonyl (C=O) groups is 1. The van der Waals surface area contributed by atoms with Crippen LogP contribution >= 0.6 is 0 Å². The number of aliphatic hydroxyl groups excluding tert-OH is 1. The predicted octanol–water partition coefficient (Wildman–Crippen LogP) is 4.05. The van der Waals surface area contributed by atoms with Gasteiger partial charge in [-0.05, 0) is 44.0 Å². The molecule has 0 bridgehead atoms. The standard InChI is InChI=1S/C26H34FN3O6S/c1-7-35-21(16-23(32)36-8-2)15-20(31)13-14-22-24(17(3)4)28-26(30(5)37(6,33)34)29-25(22)18-9-11-19(27)12-10-18/h9-14,16-17,20,31H,7-8,15H2,1-6H3/t20-/m1/s1. The summed E-state index contributed by atoms with van der Waals surface area (Å²) in [6, 6.07) is 5.64. The normalized spacial score (nSPS) is 13.2. The second-order valence-electron chi connectivity index (χ2n) is 8.49. The highest BCUT2D eigenvalue weighted by Crippen LogP contribution is 2.31. The molecule has 202 valence electrons. The highest BCUT2D eigenvalue weighted by Gasteiger charge is 2.22. The van der Waals surface area contributed by atoms with Crippen LogP contribution in [-0.4, -0.2) is 62.1 Å². The average molecular weight is 536 g/mol. The summed E-state index contributed by atoms with van der Waals surface area (Å²) in [6.45, 7) is 7.75. The largest absolute Gasteiger partial charge is 0.498 e. The first-order chi connectivity index (χ1) is 17.4. The molecular formula is C26H34FN3O6S. The molecule has 0 aliphatic heterocycles. The maximum absolute atomic E-state index is 13.6. The fourth-order valence-electron chi connectivity index (χ4n) is 3.34. The monoisotopic (exact) mass is 535 g/mol. The Morgan fingerprint density at radius 3 is 2.30 bits per heavy atom. The van der Waals surface area contributed by atoms with Gasteiger partial charge >= 0.3 is 5.97 Å². The molecular weight excluding hydrogens is 501 g/mol. The zero-order valence-corrected chi connectivity index (χ0v) is 22.8. The van der Waals surface area contributed by atoms with E-state index in [1.165, 1.54) is 43.5 Å². The first-order valence-electron chi connectivity index (χ1n) is 11.8. The highest BCUT2D eigenvalue weighted by atomic mass is 32.2. The number of sulfonamides is 1. The van der Waals surface area contributed by atoms with Crippen LogP contribution in [0.4, 0.5) is 10.3 Å². The number of nitrogens with zero attached hydrogens (tertiary/aromatic N) is 3. The van der Waals surface area contributed by atoms with Crippen LogP contribution in [0.1, 0.15) is 51.3 Å². The number of hydrogen-bond donors (Lipinski definition) is 1. The number of aliphatic hydroxyl groups is 1. The number of hydrogen-bond acceptors (Lipinski definition) is 8. The van der Waals surface area contributed by atoms with Gasteiger partial charge in [0.15, 0.2) is 0 Å². The first kappa shape index (κ1) is 29.9. The van der Waals surface area contributed by atoms with Gasteiger partial charge in [0.1, 0.15) is 11.6 Å². The van der Waals surface area contributed by atoms with Crippen molar-refractivity contribution in [1.82, 2.24) is 9.97 Å². The Balaban J connectivity index is 2.58. The molecule has 0 spiro atoms. The number of benzene rings is 1. The lowest BCUT2D eigenvalue weighted by atomic mass is 9.97. The molecule has 1 aromatic heterocycles. The third-order valence-corrected chi connectivity index (χ3v) is 6.36. The number of ether oxygens (including phenoxy) is 2. The van der Waals surface area contributed by atoms with Crippen LogP contribution in [-0.2, 0) is 24.3 Å². The number of halogens is 1. The molecule has 0 saturated carbocycles. The zero-order chi connectivity index (χ0) is 27.8. The minimum atomic E-state index is -3.64. The first-order valence-corrected chi connectivity index (χ1v) is 13.7. The van der Waals surface area contributed by atoms with E-state index >= 15 is 0 Å². The number of rotatable bonds is 12. The Morgan fingerprint density at radius 1 is 1.14 bits per heavy atom. The Bertz CT molecular complexity index is 1240. The van der Waals surface area contributed by atoms with Crippen molar-refractivity contribution in [2.75, 3.05) is 30.8 Å². The lowest BCUT2D eigenvalue weighted by Crippen LogP contribution is -2.27. The lowest BCUT2D eigenvalue weighted by molar-refractivity contribution is -0.137. The van der Waals surface area contributed by atoms with E-state index in [9.17, 15) is 22.7 Å². The van der Waals surface area contributed by atoms with Crippen molar-refractivity contribution in [2.45, 2.75) is 46.1 Å². The van der Waals surface area contributed by atoms with Gasteiger partial charge < -0.3 is 14.6 Å². The highest BCUT2D eigenvalue weighted by molar-refractivity contribution is 7.92. The fourth-order valence-corrected chi connectivity index (χ4v) is 3.72. The van der Waals surface area contributed by atoms with Crippen molar-refractivity contribution >= 4 is 28.0 Å². The molecule has 37 heavy (non-hydrogen) atoms. The second-order valence-corrected chi connectivity index (χ2v) is 10.5. The molecule has 2 aromatic rings. The van der Waals surface area contributed by atoms with E-state index in [0.717, 1.165) is 10.6 Å². The van der Waals surface area contributed by atoms with Crippen LogP contribution in [0.25, 0.3) is 17.3 Å². The van der Waals surface area contributed by atoms with E-state index in [2.05, 4.69) is 9.97 Å². The Kier molecular flexibility index (Phi) is 10.8. The molecule has 0 radical (unpaired) electrons. The average Bonchev–Trinajstić information content (AvgIpc) is 2.82. The van der Waals surface area contributed by atoms with E-state index in [0.29, 0.717) is 29.1 Å². The van der Waals surface area contributed by atoms with Crippen molar-refractivity contribution in [3.63, 3.8) is 0 Å². The molecule has 0 aliphatic carbocycles. The number of aromatic nitrogens is 2. The minimum Gasteiger partial charge on any atom is -0.498 e. The lowest BCUT2D eigenvalue weighted by Gasteiger charge is -2.20. The molecule has 1 N–H and O–H groups in total. The van der Waals surface area contributed by atoms with Gasteiger partial charge in [0.25, 0.3) is 0 Å². The SMILES string of the molecule is CCOC(=O)C=C(C[C@H](O)C=Cc1c(-c2ccc(F)cc2)nc(N(C)S(C)(=O)=O)nc1C(C)C)OCC. The maximum atomic E-state index is 13.6. The Labute approximate surface area is 217 Å². The summed E-state index contributed by atoms with van der Waals surface area (Å²) in [6.07, 6.45) is 4.37. The molecule has 1 heterocycles. The van der Waals surface area contributed by atoms with Crippen LogP contribution in [0, 0.1) is 5.82 Å². The van der Waals surface area contributed by atoms with Gasteiger partial charge in [-0.3, -0.25) is 0 Å². The number of carbonyl (C=O) groups excluding carboxylic acids is 1. The van der Waals surface area contributed by atoms with Gasteiger partial charge in [0.05, 0.1) is 43.0 Å². The third kappa shape index (κ3) is 8.64. The molecule has 11 heteroatoms. The summed E-state index contributed by atoms with van der Waals surface area (Å²) >= 11 is 0. The minimum absolute atomic E-state index is 0.0157.